The molecule has 1 amide bonds. The van der Waals surface area contributed by atoms with Gasteiger partial charge < -0.3 is 10.1 Å². The molecule has 0 aliphatic carbocycles. The molecular formula is C21H22N2O2S. The van der Waals surface area contributed by atoms with Crippen molar-refractivity contribution in [3.63, 3.8) is 0 Å². The highest BCUT2D eigenvalue weighted by molar-refractivity contribution is 7.14. The van der Waals surface area contributed by atoms with E-state index in [1.807, 2.05) is 36.6 Å². The summed E-state index contributed by atoms with van der Waals surface area (Å²) in [4.78, 5) is 16.8. The molecule has 26 heavy (non-hydrogen) atoms. The van der Waals surface area contributed by atoms with Crippen LogP contribution in [0.1, 0.15) is 23.6 Å². The Bertz CT molecular complexity index is 901. The zero-order chi connectivity index (χ0) is 18.5. The molecular weight excluding hydrogens is 344 g/mol. The van der Waals surface area contributed by atoms with E-state index in [0.29, 0.717) is 18.2 Å². The van der Waals surface area contributed by atoms with Gasteiger partial charge in [-0.3, -0.25) is 4.79 Å². The quantitative estimate of drug-likeness (QED) is 0.667. The molecule has 2 aromatic carbocycles. The lowest BCUT2D eigenvalue weighted by molar-refractivity contribution is -0.115. The molecule has 3 aromatic rings. The Hall–Kier alpha value is -2.66. The van der Waals surface area contributed by atoms with Gasteiger partial charge in [0.05, 0.1) is 18.7 Å². The molecule has 0 saturated carbocycles. The summed E-state index contributed by atoms with van der Waals surface area (Å²) in [5.41, 5.74) is 5.34. The van der Waals surface area contributed by atoms with E-state index in [4.69, 9.17) is 4.74 Å². The van der Waals surface area contributed by atoms with Gasteiger partial charge in [-0.1, -0.05) is 35.9 Å². The summed E-state index contributed by atoms with van der Waals surface area (Å²) < 4.78 is 5.41. The van der Waals surface area contributed by atoms with Crippen LogP contribution in [0, 0.1) is 13.8 Å². The van der Waals surface area contributed by atoms with Crippen LogP contribution in [0.2, 0.25) is 0 Å². The van der Waals surface area contributed by atoms with Crippen LogP contribution in [0.25, 0.3) is 11.3 Å². The number of anilines is 1. The predicted molar refractivity (Wildman–Crippen MR) is 107 cm³/mol. The summed E-state index contributed by atoms with van der Waals surface area (Å²) in [6.45, 7) is 6.73. The van der Waals surface area contributed by atoms with Crippen molar-refractivity contribution in [1.29, 1.82) is 0 Å². The highest BCUT2D eigenvalue weighted by Crippen LogP contribution is 2.28. The molecule has 0 aliphatic rings. The number of aromatic nitrogens is 1. The van der Waals surface area contributed by atoms with Crippen LogP contribution in [0.4, 0.5) is 5.13 Å². The normalized spacial score (nSPS) is 10.6. The van der Waals surface area contributed by atoms with Gasteiger partial charge in [-0.25, -0.2) is 4.98 Å². The van der Waals surface area contributed by atoms with E-state index in [2.05, 4.69) is 42.3 Å². The number of amides is 1. The summed E-state index contributed by atoms with van der Waals surface area (Å²) in [7, 11) is 0. The van der Waals surface area contributed by atoms with Gasteiger partial charge in [-0.05, 0) is 44.0 Å². The van der Waals surface area contributed by atoms with Gasteiger partial charge in [-0.15, -0.1) is 11.3 Å². The van der Waals surface area contributed by atoms with E-state index < -0.39 is 0 Å². The van der Waals surface area contributed by atoms with E-state index >= 15 is 0 Å². The smallest absolute Gasteiger partial charge is 0.230 e. The fourth-order valence-electron chi connectivity index (χ4n) is 2.77. The highest BCUT2D eigenvalue weighted by Gasteiger charge is 2.10. The molecule has 4 nitrogen and oxygen atoms in total. The monoisotopic (exact) mass is 366 g/mol. The largest absolute Gasteiger partial charge is 0.494 e. The van der Waals surface area contributed by atoms with Crippen molar-refractivity contribution in [2.75, 3.05) is 11.9 Å². The van der Waals surface area contributed by atoms with Crippen molar-refractivity contribution < 1.29 is 9.53 Å². The minimum absolute atomic E-state index is 0.0734. The number of benzene rings is 2. The number of rotatable bonds is 6. The number of carbonyl (C=O) groups is 1. The summed E-state index contributed by atoms with van der Waals surface area (Å²) in [6.07, 6.45) is 0.310. The summed E-state index contributed by atoms with van der Waals surface area (Å²) in [5.74, 6) is 0.741. The third kappa shape index (κ3) is 4.49. The van der Waals surface area contributed by atoms with Gasteiger partial charge >= 0.3 is 0 Å². The zero-order valence-electron chi connectivity index (χ0n) is 15.2. The van der Waals surface area contributed by atoms with E-state index in [9.17, 15) is 4.79 Å². The average molecular weight is 366 g/mol. The Labute approximate surface area is 157 Å². The van der Waals surface area contributed by atoms with Crippen LogP contribution in [0.3, 0.4) is 0 Å². The second-order valence-electron chi connectivity index (χ2n) is 6.16. The first kappa shape index (κ1) is 18.1. The Morgan fingerprint density at radius 2 is 1.92 bits per heavy atom. The van der Waals surface area contributed by atoms with Crippen LogP contribution >= 0.6 is 11.3 Å². The standard InChI is InChI=1S/C21H22N2O2S/c1-4-25-17-8-6-16(7-9-17)12-20(24)23-21-22-19(13-26-21)18-10-5-14(2)11-15(18)3/h5-11,13H,4,12H2,1-3H3,(H,22,23,24). The van der Waals surface area contributed by atoms with Crippen LogP contribution in [-0.2, 0) is 11.2 Å². The highest BCUT2D eigenvalue weighted by atomic mass is 32.1. The van der Waals surface area contributed by atoms with Crippen molar-refractivity contribution in [2.45, 2.75) is 27.2 Å². The van der Waals surface area contributed by atoms with Gasteiger partial charge in [0.1, 0.15) is 5.75 Å². The van der Waals surface area contributed by atoms with Crippen LogP contribution in [0.5, 0.6) is 5.75 Å². The molecule has 1 N–H and O–H groups in total. The number of nitrogens with zero attached hydrogens (tertiary/aromatic N) is 1. The maximum Gasteiger partial charge on any atom is 0.230 e. The fraction of sp³-hybridized carbons (Fsp3) is 0.238. The zero-order valence-corrected chi connectivity index (χ0v) is 16.0. The van der Waals surface area contributed by atoms with E-state index in [-0.39, 0.29) is 5.91 Å². The van der Waals surface area contributed by atoms with Gasteiger partial charge in [0.25, 0.3) is 0 Å². The number of nitrogens with one attached hydrogen (secondary N) is 1. The fourth-order valence-corrected chi connectivity index (χ4v) is 3.50. The average Bonchev–Trinajstić information content (AvgIpc) is 3.05. The predicted octanol–water partition coefficient (Wildman–Crippen LogP) is 5.01. The summed E-state index contributed by atoms with van der Waals surface area (Å²) in [6, 6.07) is 13.9. The van der Waals surface area contributed by atoms with Gasteiger partial charge in [0, 0.05) is 10.9 Å². The number of carbonyl (C=O) groups excluding carboxylic acids is 1. The van der Waals surface area contributed by atoms with Gasteiger partial charge in [0.15, 0.2) is 5.13 Å². The summed E-state index contributed by atoms with van der Waals surface area (Å²) >= 11 is 1.44. The molecule has 0 unspecified atom stereocenters. The molecule has 0 saturated heterocycles. The van der Waals surface area contributed by atoms with Crippen molar-refractivity contribution in [3.05, 3.63) is 64.5 Å². The molecule has 0 spiro atoms. The van der Waals surface area contributed by atoms with Crippen LogP contribution in [-0.4, -0.2) is 17.5 Å². The maximum atomic E-state index is 12.3. The second-order valence-corrected chi connectivity index (χ2v) is 7.02. The molecule has 0 atom stereocenters. The number of hydrogen-bond donors (Lipinski definition) is 1. The third-order valence-corrected chi connectivity index (χ3v) is 4.77. The Kier molecular flexibility index (Phi) is 5.68. The first-order chi connectivity index (χ1) is 12.5. The molecule has 0 radical (unpaired) electrons. The number of aryl methyl sites for hydroxylation is 2. The molecule has 3 rings (SSSR count). The molecule has 0 aliphatic heterocycles. The molecule has 0 fully saturated rings. The second kappa shape index (κ2) is 8.15. The molecule has 5 heteroatoms. The Balaban J connectivity index is 1.64. The lowest BCUT2D eigenvalue weighted by atomic mass is 10.0. The SMILES string of the molecule is CCOc1ccc(CC(=O)Nc2nc(-c3ccc(C)cc3C)cs2)cc1. The molecule has 1 aromatic heterocycles. The van der Waals surface area contributed by atoms with Crippen molar-refractivity contribution >= 4 is 22.4 Å². The maximum absolute atomic E-state index is 12.3. The van der Waals surface area contributed by atoms with E-state index in [0.717, 1.165) is 22.6 Å². The number of thiazole rings is 1. The van der Waals surface area contributed by atoms with Gasteiger partial charge in [-0.2, -0.15) is 0 Å². The number of hydrogen-bond acceptors (Lipinski definition) is 4. The molecule has 0 bridgehead atoms. The van der Waals surface area contributed by atoms with Crippen LogP contribution in [0.15, 0.2) is 47.8 Å². The van der Waals surface area contributed by atoms with E-state index in [1.54, 1.807) is 0 Å². The lowest BCUT2D eigenvalue weighted by Gasteiger charge is -2.05. The lowest BCUT2D eigenvalue weighted by Crippen LogP contribution is -2.14. The minimum atomic E-state index is -0.0734. The molecule has 1 heterocycles. The van der Waals surface area contributed by atoms with Crippen molar-refractivity contribution in [2.24, 2.45) is 0 Å². The first-order valence-electron chi connectivity index (χ1n) is 8.60. The first-order valence-corrected chi connectivity index (χ1v) is 9.48. The Morgan fingerprint density at radius 1 is 1.15 bits per heavy atom. The summed E-state index contributed by atoms with van der Waals surface area (Å²) in [5, 5.41) is 5.49. The van der Waals surface area contributed by atoms with Crippen LogP contribution < -0.4 is 10.1 Å². The van der Waals surface area contributed by atoms with Gasteiger partial charge in [0.2, 0.25) is 5.91 Å². The van der Waals surface area contributed by atoms with E-state index in [1.165, 1.54) is 22.5 Å². The van der Waals surface area contributed by atoms with Crippen molar-refractivity contribution in [1.82, 2.24) is 4.98 Å². The number of ether oxygens (including phenoxy) is 1. The minimum Gasteiger partial charge on any atom is -0.494 e. The van der Waals surface area contributed by atoms with Crippen molar-refractivity contribution in [3.8, 4) is 17.0 Å². The topological polar surface area (TPSA) is 51.2 Å². The third-order valence-electron chi connectivity index (χ3n) is 4.01. The Morgan fingerprint density at radius 3 is 2.62 bits per heavy atom. The molecule has 134 valence electrons.